The van der Waals surface area contributed by atoms with E-state index in [1.54, 1.807) is 36.4 Å². The van der Waals surface area contributed by atoms with E-state index in [1.165, 1.54) is 19.2 Å². The molecule has 2 aromatic rings. The van der Waals surface area contributed by atoms with Crippen molar-refractivity contribution in [1.82, 2.24) is 10.2 Å². The number of ether oxygens (including phenoxy) is 1. The van der Waals surface area contributed by atoms with Crippen LogP contribution in [0.5, 0.6) is 11.5 Å². The van der Waals surface area contributed by atoms with Crippen LogP contribution in [-0.4, -0.2) is 39.0 Å². The molecule has 28 heavy (non-hydrogen) atoms. The van der Waals surface area contributed by atoms with E-state index >= 15 is 0 Å². The molecular formula is C20H24N2O5S. The molecule has 0 atom stereocenters. The lowest BCUT2D eigenvalue weighted by atomic mass is 10.2. The van der Waals surface area contributed by atoms with Crippen molar-refractivity contribution in [2.75, 3.05) is 13.7 Å². The normalized spacial score (nSPS) is 13.6. The standard InChI is InChI=1S/C20H24N2O5S/c1-3-21-20(23)22(16-6-7-16)14-15-4-8-18(9-5-15)27-28(24,25)19-12-10-17(26-2)11-13-19/h4-5,8-13,16H,3,6-7,14H2,1-2H3,(H,21,23). The second-order valence-corrected chi connectivity index (χ2v) is 8.10. The maximum absolute atomic E-state index is 12.4. The van der Waals surface area contributed by atoms with E-state index < -0.39 is 10.1 Å². The van der Waals surface area contributed by atoms with Gasteiger partial charge in [0.25, 0.3) is 0 Å². The van der Waals surface area contributed by atoms with Crippen LogP contribution >= 0.6 is 0 Å². The zero-order valence-corrected chi connectivity index (χ0v) is 16.7. The highest BCUT2D eigenvalue weighted by Gasteiger charge is 2.32. The largest absolute Gasteiger partial charge is 0.497 e. The second kappa shape index (κ2) is 8.52. The maximum atomic E-state index is 12.4. The fourth-order valence-corrected chi connectivity index (χ4v) is 3.70. The number of hydrogen-bond acceptors (Lipinski definition) is 5. The van der Waals surface area contributed by atoms with Gasteiger partial charge >= 0.3 is 16.1 Å². The molecule has 0 bridgehead atoms. The summed E-state index contributed by atoms with van der Waals surface area (Å²) < 4.78 is 35.0. The molecule has 1 N–H and O–H groups in total. The monoisotopic (exact) mass is 404 g/mol. The van der Waals surface area contributed by atoms with Crippen LogP contribution in [0.25, 0.3) is 0 Å². The van der Waals surface area contributed by atoms with Crippen molar-refractivity contribution in [2.45, 2.75) is 37.2 Å². The zero-order valence-electron chi connectivity index (χ0n) is 15.9. The Hall–Kier alpha value is -2.74. The third kappa shape index (κ3) is 4.95. The Morgan fingerprint density at radius 2 is 1.68 bits per heavy atom. The highest BCUT2D eigenvalue weighted by Crippen LogP contribution is 2.29. The minimum Gasteiger partial charge on any atom is -0.497 e. The average molecular weight is 404 g/mol. The molecule has 1 aliphatic carbocycles. The average Bonchev–Trinajstić information content (AvgIpc) is 3.52. The Labute approximate surface area is 165 Å². The summed E-state index contributed by atoms with van der Waals surface area (Å²) in [6, 6.07) is 12.9. The quantitative estimate of drug-likeness (QED) is 0.683. The summed E-state index contributed by atoms with van der Waals surface area (Å²) in [5.41, 5.74) is 0.910. The lowest BCUT2D eigenvalue weighted by Gasteiger charge is -2.22. The molecule has 0 saturated heterocycles. The van der Waals surface area contributed by atoms with Crippen LogP contribution in [0.3, 0.4) is 0 Å². The summed E-state index contributed by atoms with van der Waals surface area (Å²) in [6.45, 7) is 2.94. The first-order valence-electron chi connectivity index (χ1n) is 9.15. The number of benzene rings is 2. The van der Waals surface area contributed by atoms with Crippen molar-refractivity contribution in [3.05, 3.63) is 54.1 Å². The molecular weight excluding hydrogens is 380 g/mol. The van der Waals surface area contributed by atoms with Gasteiger partial charge in [-0.2, -0.15) is 8.42 Å². The molecule has 0 radical (unpaired) electrons. The van der Waals surface area contributed by atoms with E-state index in [4.69, 9.17) is 8.92 Å². The van der Waals surface area contributed by atoms with E-state index in [0.717, 1.165) is 18.4 Å². The molecule has 1 saturated carbocycles. The van der Waals surface area contributed by atoms with E-state index in [0.29, 0.717) is 18.8 Å². The first-order chi connectivity index (χ1) is 13.4. The number of urea groups is 1. The van der Waals surface area contributed by atoms with Crippen LogP contribution in [0, 0.1) is 0 Å². The van der Waals surface area contributed by atoms with E-state index in [9.17, 15) is 13.2 Å². The van der Waals surface area contributed by atoms with Crippen LogP contribution in [-0.2, 0) is 16.7 Å². The molecule has 8 heteroatoms. The first kappa shape index (κ1) is 20.0. The number of nitrogens with one attached hydrogen (secondary N) is 1. The smallest absolute Gasteiger partial charge is 0.339 e. The molecule has 0 heterocycles. The van der Waals surface area contributed by atoms with Crippen LogP contribution in [0.2, 0.25) is 0 Å². The Kier molecular flexibility index (Phi) is 6.08. The van der Waals surface area contributed by atoms with Crippen molar-refractivity contribution >= 4 is 16.1 Å². The summed E-state index contributed by atoms with van der Waals surface area (Å²) >= 11 is 0. The van der Waals surface area contributed by atoms with Gasteiger partial charge in [0.1, 0.15) is 16.4 Å². The predicted octanol–water partition coefficient (Wildman–Crippen LogP) is 3.16. The topological polar surface area (TPSA) is 84.9 Å². The number of hydrogen-bond donors (Lipinski definition) is 1. The molecule has 2 aromatic carbocycles. The van der Waals surface area contributed by atoms with Gasteiger partial charge in [-0.15, -0.1) is 0 Å². The fourth-order valence-electron chi connectivity index (χ4n) is 2.77. The number of carbonyl (C=O) groups is 1. The Bertz CT molecular complexity index is 907. The summed E-state index contributed by atoms with van der Waals surface area (Å²) in [7, 11) is -2.42. The Morgan fingerprint density at radius 3 is 2.21 bits per heavy atom. The molecule has 150 valence electrons. The molecule has 7 nitrogen and oxygen atoms in total. The van der Waals surface area contributed by atoms with Crippen molar-refractivity contribution < 1.29 is 22.1 Å². The molecule has 0 aliphatic heterocycles. The van der Waals surface area contributed by atoms with Gasteiger partial charge < -0.3 is 19.1 Å². The molecule has 0 spiro atoms. The number of carbonyl (C=O) groups excluding carboxylic acids is 1. The van der Waals surface area contributed by atoms with Crippen molar-refractivity contribution in [3.8, 4) is 11.5 Å². The van der Waals surface area contributed by atoms with Crippen LogP contribution in [0.1, 0.15) is 25.3 Å². The molecule has 3 rings (SSSR count). The van der Waals surface area contributed by atoms with Crippen LogP contribution in [0.4, 0.5) is 4.79 Å². The van der Waals surface area contributed by atoms with Gasteiger partial charge in [-0.05, 0) is 61.7 Å². The van der Waals surface area contributed by atoms with Crippen LogP contribution < -0.4 is 14.2 Å². The number of nitrogens with zero attached hydrogens (tertiary/aromatic N) is 1. The number of rotatable bonds is 8. The molecule has 0 aromatic heterocycles. The number of methoxy groups -OCH3 is 1. The van der Waals surface area contributed by atoms with Crippen LogP contribution in [0.15, 0.2) is 53.4 Å². The van der Waals surface area contributed by atoms with Gasteiger partial charge in [0.15, 0.2) is 0 Å². The third-order valence-corrected chi connectivity index (χ3v) is 5.67. The van der Waals surface area contributed by atoms with E-state index in [-0.39, 0.29) is 22.7 Å². The maximum Gasteiger partial charge on any atom is 0.339 e. The summed E-state index contributed by atoms with van der Waals surface area (Å²) in [4.78, 5) is 14.1. The third-order valence-electron chi connectivity index (χ3n) is 4.41. The SMILES string of the molecule is CCNC(=O)N(Cc1ccc(OS(=O)(=O)c2ccc(OC)cc2)cc1)C1CC1. The van der Waals surface area contributed by atoms with Crippen molar-refractivity contribution in [3.63, 3.8) is 0 Å². The highest BCUT2D eigenvalue weighted by atomic mass is 32.2. The summed E-state index contributed by atoms with van der Waals surface area (Å²) in [5, 5.41) is 2.83. The second-order valence-electron chi connectivity index (χ2n) is 6.55. The molecule has 1 fully saturated rings. The number of amides is 2. The zero-order chi connectivity index (χ0) is 20.1. The van der Waals surface area contributed by atoms with Gasteiger partial charge in [-0.3, -0.25) is 0 Å². The van der Waals surface area contributed by atoms with Gasteiger partial charge in [-0.1, -0.05) is 12.1 Å². The van der Waals surface area contributed by atoms with E-state index in [1.807, 2.05) is 11.8 Å². The Morgan fingerprint density at radius 1 is 1.07 bits per heavy atom. The molecule has 2 amide bonds. The van der Waals surface area contributed by atoms with Gasteiger partial charge in [0.2, 0.25) is 0 Å². The van der Waals surface area contributed by atoms with Crippen molar-refractivity contribution in [1.29, 1.82) is 0 Å². The van der Waals surface area contributed by atoms with Gasteiger partial charge in [-0.25, -0.2) is 4.79 Å². The van der Waals surface area contributed by atoms with Gasteiger partial charge in [0, 0.05) is 19.1 Å². The first-order valence-corrected chi connectivity index (χ1v) is 10.6. The predicted molar refractivity (Wildman–Crippen MR) is 105 cm³/mol. The van der Waals surface area contributed by atoms with E-state index in [2.05, 4.69) is 5.32 Å². The Balaban J connectivity index is 1.67. The fraction of sp³-hybridized carbons (Fsp3) is 0.350. The molecule has 0 unspecified atom stereocenters. The van der Waals surface area contributed by atoms with Gasteiger partial charge in [0.05, 0.1) is 7.11 Å². The minimum atomic E-state index is -3.93. The highest BCUT2D eigenvalue weighted by molar-refractivity contribution is 7.87. The summed E-state index contributed by atoms with van der Waals surface area (Å²) in [6.07, 6.45) is 2.02. The lowest BCUT2D eigenvalue weighted by Crippen LogP contribution is -2.40. The summed E-state index contributed by atoms with van der Waals surface area (Å²) in [5.74, 6) is 0.783. The minimum absolute atomic E-state index is 0.0496. The van der Waals surface area contributed by atoms with Crippen molar-refractivity contribution in [2.24, 2.45) is 0 Å². The molecule has 1 aliphatic rings. The lowest BCUT2D eigenvalue weighted by molar-refractivity contribution is 0.192.